The lowest BCUT2D eigenvalue weighted by atomic mass is 10.0. The first-order valence-electron chi connectivity index (χ1n) is 7.26. The molecule has 1 aromatic rings. The number of carbonyl (C=O) groups is 1. The fourth-order valence-electron chi connectivity index (χ4n) is 1.72. The van der Waals surface area contributed by atoms with Crippen LogP contribution in [0.5, 0.6) is 0 Å². The highest BCUT2D eigenvalue weighted by atomic mass is 16.5. The number of benzene rings is 1. The molecule has 0 saturated heterocycles. The van der Waals surface area contributed by atoms with Gasteiger partial charge in [-0.15, -0.1) is 0 Å². The minimum absolute atomic E-state index is 0.0179. The van der Waals surface area contributed by atoms with E-state index in [2.05, 4.69) is 17.4 Å². The van der Waals surface area contributed by atoms with Crippen molar-refractivity contribution < 1.29 is 9.53 Å². The molecular formula is C16H26N2O2. The third-order valence-corrected chi connectivity index (χ3v) is 3.34. The van der Waals surface area contributed by atoms with Crippen molar-refractivity contribution in [3.63, 3.8) is 0 Å². The van der Waals surface area contributed by atoms with Crippen molar-refractivity contribution in [1.29, 1.82) is 0 Å². The average Bonchev–Trinajstić information content (AvgIpc) is 2.46. The SMILES string of the molecule is CC(N)C(C)C(=O)NCCCOCCc1ccccc1. The Hall–Kier alpha value is -1.39. The zero-order valence-electron chi connectivity index (χ0n) is 12.5. The minimum Gasteiger partial charge on any atom is -0.381 e. The molecule has 112 valence electrons. The second-order valence-corrected chi connectivity index (χ2v) is 5.14. The summed E-state index contributed by atoms with van der Waals surface area (Å²) in [5.74, 6) is -0.127. The fourth-order valence-corrected chi connectivity index (χ4v) is 1.72. The van der Waals surface area contributed by atoms with Crippen LogP contribution in [0.15, 0.2) is 30.3 Å². The van der Waals surface area contributed by atoms with Crippen LogP contribution >= 0.6 is 0 Å². The summed E-state index contributed by atoms with van der Waals surface area (Å²) in [6.07, 6.45) is 1.75. The molecule has 0 bridgehead atoms. The Morgan fingerprint density at radius 2 is 1.95 bits per heavy atom. The molecule has 0 saturated carbocycles. The number of carbonyl (C=O) groups excluding carboxylic acids is 1. The van der Waals surface area contributed by atoms with E-state index in [-0.39, 0.29) is 17.9 Å². The summed E-state index contributed by atoms with van der Waals surface area (Å²) in [6.45, 7) is 5.71. The normalized spacial score (nSPS) is 13.8. The Kier molecular flexibility index (Phi) is 7.92. The number of rotatable bonds is 9. The standard InChI is InChI=1S/C16H26N2O2/c1-13(14(2)17)16(19)18-10-6-11-20-12-9-15-7-4-3-5-8-15/h3-5,7-8,13-14H,6,9-12,17H2,1-2H3,(H,18,19). The van der Waals surface area contributed by atoms with Crippen molar-refractivity contribution in [3.05, 3.63) is 35.9 Å². The number of amides is 1. The first-order chi connectivity index (χ1) is 9.61. The van der Waals surface area contributed by atoms with Crippen molar-refractivity contribution >= 4 is 5.91 Å². The molecule has 1 amide bonds. The summed E-state index contributed by atoms with van der Waals surface area (Å²) in [7, 11) is 0. The lowest BCUT2D eigenvalue weighted by molar-refractivity contribution is -0.124. The van der Waals surface area contributed by atoms with E-state index in [1.165, 1.54) is 5.56 Å². The van der Waals surface area contributed by atoms with E-state index in [9.17, 15) is 4.79 Å². The van der Waals surface area contributed by atoms with Crippen LogP contribution < -0.4 is 11.1 Å². The predicted octanol–water partition coefficient (Wildman–Crippen LogP) is 1.74. The van der Waals surface area contributed by atoms with Crippen molar-refractivity contribution in [2.75, 3.05) is 19.8 Å². The van der Waals surface area contributed by atoms with Gasteiger partial charge < -0.3 is 15.8 Å². The summed E-state index contributed by atoms with van der Waals surface area (Å²) in [6, 6.07) is 10.2. The molecule has 2 unspecified atom stereocenters. The summed E-state index contributed by atoms with van der Waals surface area (Å²) in [5.41, 5.74) is 6.96. The van der Waals surface area contributed by atoms with Gasteiger partial charge in [-0.05, 0) is 25.3 Å². The zero-order valence-corrected chi connectivity index (χ0v) is 12.5. The third-order valence-electron chi connectivity index (χ3n) is 3.34. The van der Waals surface area contributed by atoms with E-state index in [4.69, 9.17) is 10.5 Å². The lowest BCUT2D eigenvalue weighted by Crippen LogP contribution is -2.39. The molecule has 20 heavy (non-hydrogen) atoms. The van der Waals surface area contributed by atoms with Crippen LogP contribution in [0, 0.1) is 5.92 Å². The Bertz CT molecular complexity index is 379. The number of nitrogens with two attached hydrogens (primary N) is 1. The van der Waals surface area contributed by atoms with Crippen molar-refractivity contribution in [1.82, 2.24) is 5.32 Å². The van der Waals surface area contributed by atoms with Crippen molar-refractivity contribution in [2.45, 2.75) is 32.7 Å². The number of ether oxygens (including phenoxy) is 1. The number of nitrogens with one attached hydrogen (secondary N) is 1. The van der Waals surface area contributed by atoms with E-state index in [1.54, 1.807) is 0 Å². The number of hydrogen-bond acceptors (Lipinski definition) is 3. The highest BCUT2D eigenvalue weighted by Crippen LogP contribution is 2.00. The maximum atomic E-state index is 11.6. The molecule has 3 N–H and O–H groups in total. The largest absolute Gasteiger partial charge is 0.381 e. The van der Waals surface area contributed by atoms with Gasteiger partial charge in [0.05, 0.1) is 6.61 Å². The molecule has 0 aliphatic carbocycles. The molecule has 0 aliphatic heterocycles. The van der Waals surface area contributed by atoms with Gasteiger partial charge in [0.2, 0.25) is 5.91 Å². The molecule has 1 rings (SSSR count). The van der Waals surface area contributed by atoms with Gasteiger partial charge in [-0.1, -0.05) is 37.3 Å². The molecule has 1 aromatic carbocycles. The first kappa shape index (κ1) is 16.7. The number of hydrogen-bond donors (Lipinski definition) is 2. The molecule has 4 heteroatoms. The predicted molar refractivity (Wildman–Crippen MR) is 81.4 cm³/mol. The van der Waals surface area contributed by atoms with Crippen LogP contribution in [-0.4, -0.2) is 31.7 Å². The highest BCUT2D eigenvalue weighted by molar-refractivity contribution is 5.78. The Morgan fingerprint density at radius 1 is 1.25 bits per heavy atom. The van der Waals surface area contributed by atoms with Crippen LogP contribution in [-0.2, 0) is 16.0 Å². The Labute approximate surface area is 121 Å². The van der Waals surface area contributed by atoms with Crippen LogP contribution in [0.25, 0.3) is 0 Å². The fraction of sp³-hybridized carbons (Fsp3) is 0.562. The van der Waals surface area contributed by atoms with Crippen LogP contribution in [0.3, 0.4) is 0 Å². The third kappa shape index (κ3) is 6.68. The van der Waals surface area contributed by atoms with Gasteiger partial charge in [0.25, 0.3) is 0 Å². The van der Waals surface area contributed by atoms with Gasteiger partial charge in [-0.2, -0.15) is 0 Å². The van der Waals surface area contributed by atoms with Gasteiger partial charge in [0.15, 0.2) is 0 Å². The summed E-state index contributed by atoms with van der Waals surface area (Å²) in [4.78, 5) is 11.6. The van der Waals surface area contributed by atoms with Gasteiger partial charge in [0, 0.05) is 25.1 Å². The lowest BCUT2D eigenvalue weighted by Gasteiger charge is -2.15. The maximum absolute atomic E-state index is 11.6. The molecule has 0 fully saturated rings. The quantitative estimate of drug-likeness (QED) is 0.676. The highest BCUT2D eigenvalue weighted by Gasteiger charge is 2.15. The van der Waals surface area contributed by atoms with Crippen molar-refractivity contribution in [3.8, 4) is 0 Å². The van der Waals surface area contributed by atoms with Gasteiger partial charge in [0.1, 0.15) is 0 Å². The smallest absolute Gasteiger partial charge is 0.224 e. The van der Waals surface area contributed by atoms with E-state index in [1.807, 2.05) is 32.0 Å². The molecular weight excluding hydrogens is 252 g/mol. The summed E-state index contributed by atoms with van der Waals surface area (Å²) < 4.78 is 5.55. The monoisotopic (exact) mass is 278 g/mol. The minimum atomic E-state index is -0.144. The molecule has 0 heterocycles. The Balaban J connectivity index is 1.99. The summed E-state index contributed by atoms with van der Waals surface area (Å²) in [5, 5.41) is 2.87. The van der Waals surface area contributed by atoms with Crippen molar-refractivity contribution in [2.24, 2.45) is 11.7 Å². The van der Waals surface area contributed by atoms with Crippen LogP contribution in [0.4, 0.5) is 0 Å². The molecule has 0 radical (unpaired) electrons. The van der Waals surface area contributed by atoms with Crippen LogP contribution in [0.2, 0.25) is 0 Å². The Morgan fingerprint density at radius 3 is 2.60 bits per heavy atom. The second-order valence-electron chi connectivity index (χ2n) is 5.14. The maximum Gasteiger partial charge on any atom is 0.224 e. The van der Waals surface area contributed by atoms with E-state index >= 15 is 0 Å². The van der Waals surface area contributed by atoms with Gasteiger partial charge in [-0.3, -0.25) is 4.79 Å². The summed E-state index contributed by atoms with van der Waals surface area (Å²) >= 11 is 0. The van der Waals surface area contributed by atoms with E-state index in [0.29, 0.717) is 19.8 Å². The molecule has 0 aromatic heterocycles. The van der Waals surface area contributed by atoms with E-state index < -0.39 is 0 Å². The average molecular weight is 278 g/mol. The molecule has 0 aliphatic rings. The topological polar surface area (TPSA) is 64.4 Å². The molecule has 4 nitrogen and oxygen atoms in total. The van der Waals surface area contributed by atoms with Gasteiger partial charge >= 0.3 is 0 Å². The first-order valence-corrected chi connectivity index (χ1v) is 7.26. The van der Waals surface area contributed by atoms with E-state index in [0.717, 1.165) is 12.8 Å². The molecule has 0 spiro atoms. The molecule has 2 atom stereocenters. The van der Waals surface area contributed by atoms with Gasteiger partial charge in [-0.25, -0.2) is 0 Å². The van der Waals surface area contributed by atoms with Crippen LogP contribution in [0.1, 0.15) is 25.8 Å². The zero-order chi connectivity index (χ0) is 14.8. The second kappa shape index (κ2) is 9.50.